The maximum Gasteiger partial charge on any atom is 0.476 e. The van der Waals surface area contributed by atoms with E-state index >= 15 is 0 Å². The van der Waals surface area contributed by atoms with Gasteiger partial charge in [0.15, 0.2) is 0 Å². The Morgan fingerprint density at radius 2 is 2.05 bits per heavy atom. The molecule has 0 aromatic heterocycles. The predicted molar refractivity (Wildman–Crippen MR) is 69.5 cm³/mol. The van der Waals surface area contributed by atoms with E-state index in [0.717, 1.165) is 25.7 Å². The summed E-state index contributed by atoms with van der Waals surface area (Å²) in [7, 11) is 5.16. The van der Waals surface area contributed by atoms with E-state index in [9.17, 15) is 9.59 Å². The first-order valence-corrected chi connectivity index (χ1v) is 6.43. The van der Waals surface area contributed by atoms with Crippen molar-refractivity contribution in [1.29, 1.82) is 0 Å². The Hall–Kier alpha value is -1.67. The van der Waals surface area contributed by atoms with E-state index in [1.807, 2.05) is 0 Å². The lowest BCUT2D eigenvalue weighted by Gasteiger charge is -2.26. The summed E-state index contributed by atoms with van der Waals surface area (Å²) in [5.74, 6) is 0.401. The number of imide groups is 1. The third-order valence-corrected chi connectivity index (χ3v) is 3.74. The molecule has 1 aliphatic heterocycles. The fourth-order valence-corrected chi connectivity index (χ4v) is 2.79. The second-order valence-electron chi connectivity index (χ2n) is 5.10. The van der Waals surface area contributed by atoms with Gasteiger partial charge in [0.2, 0.25) is 0 Å². The minimum Gasteiger partial charge on any atom is -0.343 e. The molecule has 0 spiro atoms. The number of nitrogens with two attached hydrogens (primary N) is 1. The lowest BCUT2D eigenvalue weighted by atomic mass is 10.2. The number of guanidine groups is 1. The minimum atomic E-state index is -0.714. The lowest BCUT2D eigenvalue weighted by molar-refractivity contribution is -0.799. The zero-order valence-corrected chi connectivity index (χ0v) is 11.6. The van der Waals surface area contributed by atoms with Crippen LogP contribution in [0.1, 0.15) is 25.7 Å². The highest BCUT2D eigenvalue weighted by atomic mass is 16.2. The molecule has 8 heteroatoms. The van der Waals surface area contributed by atoms with Crippen molar-refractivity contribution < 1.29 is 14.2 Å². The second-order valence-corrected chi connectivity index (χ2v) is 5.10. The summed E-state index contributed by atoms with van der Waals surface area (Å²) in [6, 6.07) is -1.29. The van der Waals surface area contributed by atoms with Gasteiger partial charge in [-0.3, -0.25) is 0 Å². The van der Waals surface area contributed by atoms with Crippen LogP contribution in [0, 0.1) is 0 Å². The van der Waals surface area contributed by atoms with Gasteiger partial charge in [0.05, 0.1) is 0 Å². The Morgan fingerprint density at radius 3 is 2.42 bits per heavy atom. The Kier molecular flexibility index (Phi) is 3.46. The van der Waals surface area contributed by atoms with E-state index in [4.69, 9.17) is 5.73 Å². The van der Waals surface area contributed by atoms with Gasteiger partial charge in [-0.05, 0) is 22.5 Å². The Bertz CT molecular complexity index is 429. The maximum absolute atomic E-state index is 12.6. The third kappa shape index (κ3) is 1.87. The fourth-order valence-electron chi connectivity index (χ4n) is 2.79. The SMILES string of the molecule is CNN1C(=O)[N+](C(N)=O)(C2CCCC2)N=C1N(C)C. The number of rotatable bonds is 2. The molecule has 0 aromatic carbocycles. The summed E-state index contributed by atoms with van der Waals surface area (Å²) < 4.78 is -0.644. The number of carbonyl (C=O) groups is 2. The maximum atomic E-state index is 12.6. The molecule has 2 aliphatic rings. The molecule has 2 rings (SSSR count). The fraction of sp³-hybridized carbons (Fsp3) is 0.727. The third-order valence-electron chi connectivity index (χ3n) is 3.74. The Balaban J connectivity index is 2.49. The number of nitrogens with one attached hydrogen (secondary N) is 1. The van der Waals surface area contributed by atoms with E-state index in [-0.39, 0.29) is 6.04 Å². The summed E-state index contributed by atoms with van der Waals surface area (Å²) in [5.41, 5.74) is 8.28. The molecule has 0 saturated heterocycles. The highest BCUT2D eigenvalue weighted by molar-refractivity contribution is 5.99. The largest absolute Gasteiger partial charge is 0.476 e. The second kappa shape index (κ2) is 4.78. The van der Waals surface area contributed by atoms with Crippen molar-refractivity contribution in [2.75, 3.05) is 21.1 Å². The van der Waals surface area contributed by atoms with E-state index in [1.165, 1.54) is 5.01 Å². The molecule has 0 aromatic rings. The van der Waals surface area contributed by atoms with Crippen molar-refractivity contribution in [1.82, 2.24) is 15.3 Å². The number of carbonyl (C=O) groups excluding carboxylic acids is 2. The summed E-state index contributed by atoms with van der Waals surface area (Å²) in [5, 5.41) is 5.63. The van der Waals surface area contributed by atoms with E-state index in [1.54, 1.807) is 26.0 Å². The smallest absolute Gasteiger partial charge is 0.343 e. The van der Waals surface area contributed by atoms with Gasteiger partial charge in [0.25, 0.3) is 5.96 Å². The number of amides is 4. The van der Waals surface area contributed by atoms with E-state index < -0.39 is 16.7 Å². The van der Waals surface area contributed by atoms with Crippen LogP contribution in [0.5, 0.6) is 0 Å². The number of hydrazine groups is 1. The van der Waals surface area contributed by atoms with E-state index in [2.05, 4.69) is 10.5 Å². The lowest BCUT2D eigenvalue weighted by Crippen LogP contribution is -2.62. The molecular weight excluding hydrogens is 248 g/mol. The van der Waals surface area contributed by atoms with Gasteiger partial charge in [0, 0.05) is 34.0 Å². The molecule has 1 aliphatic carbocycles. The number of hydrogen-bond acceptors (Lipinski definition) is 5. The molecule has 3 N–H and O–H groups in total. The molecule has 0 bridgehead atoms. The van der Waals surface area contributed by atoms with Gasteiger partial charge in [-0.2, -0.15) is 5.01 Å². The zero-order chi connectivity index (χ0) is 14.2. The first kappa shape index (κ1) is 13.8. The van der Waals surface area contributed by atoms with E-state index in [0.29, 0.717) is 5.96 Å². The average molecular weight is 269 g/mol. The number of quaternary nitrogens is 1. The number of primary amides is 1. The molecule has 1 heterocycles. The van der Waals surface area contributed by atoms with Crippen LogP contribution in [0.25, 0.3) is 0 Å². The Labute approximate surface area is 112 Å². The van der Waals surface area contributed by atoms with Crippen LogP contribution in [-0.2, 0) is 0 Å². The van der Waals surface area contributed by atoms with Crippen LogP contribution in [0.15, 0.2) is 5.10 Å². The van der Waals surface area contributed by atoms with Crippen LogP contribution in [-0.4, -0.2) is 59.7 Å². The first-order chi connectivity index (χ1) is 8.95. The topological polar surface area (TPSA) is 91.0 Å². The molecule has 106 valence electrons. The van der Waals surface area contributed by atoms with Crippen molar-refractivity contribution in [3.63, 3.8) is 0 Å². The molecule has 1 saturated carbocycles. The highest BCUT2D eigenvalue weighted by Crippen LogP contribution is 2.34. The van der Waals surface area contributed by atoms with Crippen LogP contribution >= 0.6 is 0 Å². The van der Waals surface area contributed by atoms with Gasteiger partial charge in [0.1, 0.15) is 6.04 Å². The summed E-state index contributed by atoms with van der Waals surface area (Å²) in [6.45, 7) is 0. The molecule has 0 radical (unpaired) electrons. The van der Waals surface area contributed by atoms with Crippen molar-refractivity contribution in [3.05, 3.63) is 0 Å². The van der Waals surface area contributed by atoms with Gasteiger partial charge in [-0.25, -0.2) is 15.0 Å². The number of urea groups is 2. The molecule has 1 unspecified atom stereocenters. The quantitative estimate of drug-likeness (QED) is 0.702. The molecule has 1 fully saturated rings. The summed E-state index contributed by atoms with van der Waals surface area (Å²) >= 11 is 0. The molecule has 8 nitrogen and oxygen atoms in total. The predicted octanol–water partition coefficient (Wildman–Crippen LogP) is 0.227. The first-order valence-electron chi connectivity index (χ1n) is 6.43. The summed E-state index contributed by atoms with van der Waals surface area (Å²) in [4.78, 5) is 26.2. The van der Waals surface area contributed by atoms with Crippen molar-refractivity contribution in [3.8, 4) is 0 Å². The van der Waals surface area contributed by atoms with Gasteiger partial charge in [-0.15, -0.1) is 0 Å². The van der Waals surface area contributed by atoms with Crippen LogP contribution in [0.3, 0.4) is 0 Å². The normalized spacial score (nSPS) is 27.8. The van der Waals surface area contributed by atoms with Crippen LogP contribution < -0.4 is 11.2 Å². The highest BCUT2D eigenvalue weighted by Gasteiger charge is 2.60. The van der Waals surface area contributed by atoms with Crippen molar-refractivity contribution >= 4 is 18.0 Å². The summed E-state index contributed by atoms with van der Waals surface area (Å²) in [6.07, 6.45) is 3.57. The molecule has 4 amide bonds. The minimum absolute atomic E-state index is 0.154. The van der Waals surface area contributed by atoms with Gasteiger partial charge < -0.3 is 10.6 Å². The van der Waals surface area contributed by atoms with Crippen LogP contribution in [0.4, 0.5) is 9.59 Å². The average Bonchev–Trinajstić information content (AvgIpc) is 2.94. The number of nitrogens with zero attached hydrogens (tertiary/aromatic N) is 4. The Morgan fingerprint density at radius 1 is 1.47 bits per heavy atom. The monoisotopic (exact) mass is 269 g/mol. The number of hydrogen-bond donors (Lipinski definition) is 2. The van der Waals surface area contributed by atoms with Crippen LogP contribution in [0.2, 0.25) is 0 Å². The zero-order valence-electron chi connectivity index (χ0n) is 11.6. The molecule has 1 atom stereocenters. The van der Waals surface area contributed by atoms with Crippen molar-refractivity contribution in [2.24, 2.45) is 10.8 Å². The van der Waals surface area contributed by atoms with Gasteiger partial charge in [-0.1, -0.05) is 0 Å². The van der Waals surface area contributed by atoms with Gasteiger partial charge >= 0.3 is 12.1 Å². The van der Waals surface area contributed by atoms with Crippen molar-refractivity contribution in [2.45, 2.75) is 31.7 Å². The molecule has 19 heavy (non-hydrogen) atoms. The molecular formula is C11H21N6O2+. The standard InChI is InChI=1S/C11H20N6O2/c1-13-16-10(15(2)3)14-17(9(12)18,11(16)19)8-6-4-5-7-8/h8,13H,4-7H2,1-3H3,(H-,12,18)/p+1.